The Balaban J connectivity index is 3.09. The highest BCUT2D eigenvalue weighted by Crippen LogP contribution is 2.37. The lowest BCUT2D eigenvalue weighted by Gasteiger charge is -2.09. The molecule has 0 unspecified atom stereocenters. The molecule has 1 aromatic rings. The van der Waals surface area contributed by atoms with Gasteiger partial charge in [-0.15, -0.1) is 0 Å². The Morgan fingerprint density at radius 3 is 2.47 bits per heavy atom. The summed E-state index contributed by atoms with van der Waals surface area (Å²) < 4.78 is 36.8. The van der Waals surface area contributed by atoms with E-state index < -0.39 is 5.51 Å². The molecule has 1 aromatic carbocycles. The summed E-state index contributed by atoms with van der Waals surface area (Å²) in [4.78, 5) is 11.5. The molecule has 0 aliphatic heterocycles. The van der Waals surface area contributed by atoms with Crippen molar-refractivity contribution in [3.8, 4) is 0 Å². The molecule has 0 aliphatic rings. The molecule has 0 radical (unpaired) electrons. The van der Waals surface area contributed by atoms with Gasteiger partial charge in [0.25, 0.3) is 0 Å². The molecule has 0 bridgehead atoms. The molecule has 0 aliphatic carbocycles. The van der Waals surface area contributed by atoms with E-state index in [-0.39, 0.29) is 28.9 Å². The average Bonchev–Trinajstić information content (AvgIpc) is 2.25. The monoisotopic (exact) mass is 326 g/mol. The van der Waals surface area contributed by atoms with Crippen LogP contribution in [-0.4, -0.2) is 11.3 Å². The second-order valence-electron chi connectivity index (χ2n) is 3.32. The Kier molecular flexibility index (Phi) is 5.06. The molecule has 1 nitrogen and oxygen atoms in total. The lowest BCUT2D eigenvalue weighted by Crippen LogP contribution is -2.02. The predicted molar refractivity (Wildman–Crippen MR) is 65.6 cm³/mol. The molecular formula is C11H10BrF3OS. The van der Waals surface area contributed by atoms with Crippen molar-refractivity contribution in [3.63, 3.8) is 0 Å². The van der Waals surface area contributed by atoms with Crippen LogP contribution in [0.25, 0.3) is 0 Å². The van der Waals surface area contributed by atoms with Crippen molar-refractivity contribution in [1.82, 2.24) is 0 Å². The Bertz CT molecular complexity index is 418. The minimum absolute atomic E-state index is 0.0475. The van der Waals surface area contributed by atoms with E-state index in [2.05, 4.69) is 15.9 Å². The van der Waals surface area contributed by atoms with Crippen LogP contribution in [0.15, 0.2) is 23.1 Å². The highest BCUT2D eigenvalue weighted by molar-refractivity contribution is 9.08. The van der Waals surface area contributed by atoms with Crippen LogP contribution >= 0.6 is 27.7 Å². The standard InChI is InChI=1S/C11H10BrF3OS/c1-2-10(16)8-3-7(6-12)4-9(5-8)17-11(13,14)15/h3-5H,2,6H2,1H3. The lowest BCUT2D eigenvalue weighted by atomic mass is 10.1. The van der Waals surface area contributed by atoms with E-state index in [1.165, 1.54) is 12.1 Å². The Morgan fingerprint density at radius 2 is 2.00 bits per heavy atom. The van der Waals surface area contributed by atoms with Gasteiger partial charge in [0.1, 0.15) is 0 Å². The van der Waals surface area contributed by atoms with Gasteiger partial charge in [-0.3, -0.25) is 4.79 Å². The molecule has 6 heteroatoms. The maximum Gasteiger partial charge on any atom is 0.446 e. The van der Waals surface area contributed by atoms with Crippen LogP contribution in [0.3, 0.4) is 0 Å². The highest BCUT2D eigenvalue weighted by atomic mass is 79.9. The Morgan fingerprint density at radius 1 is 1.35 bits per heavy atom. The van der Waals surface area contributed by atoms with Crippen LogP contribution in [0.2, 0.25) is 0 Å². The van der Waals surface area contributed by atoms with E-state index in [0.717, 1.165) is 0 Å². The first-order chi connectivity index (χ1) is 7.85. The van der Waals surface area contributed by atoms with Crippen molar-refractivity contribution < 1.29 is 18.0 Å². The van der Waals surface area contributed by atoms with Gasteiger partial charge in [-0.05, 0) is 35.5 Å². The van der Waals surface area contributed by atoms with Gasteiger partial charge in [-0.25, -0.2) is 0 Å². The first-order valence-electron chi connectivity index (χ1n) is 4.84. The zero-order chi connectivity index (χ0) is 13.1. The van der Waals surface area contributed by atoms with Gasteiger partial charge < -0.3 is 0 Å². The first kappa shape index (κ1) is 14.6. The van der Waals surface area contributed by atoms with Crippen molar-refractivity contribution in [3.05, 3.63) is 29.3 Å². The third-order valence-electron chi connectivity index (χ3n) is 2.00. The van der Waals surface area contributed by atoms with E-state index in [1.54, 1.807) is 13.0 Å². The maximum absolute atomic E-state index is 12.3. The molecule has 94 valence electrons. The molecule has 0 aromatic heterocycles. The topological polar surface area (TPSA) is 17.1 Å². The van der Waals surface area contributed by atoms with Crippen LogP contribution in [0, 0.1) is 0 Å². The first-order valence-corrected chi connectivity index (χ1v) is 6.78. The van der Waals surface area contributed by atoms with Gasteiger partial charge in [0.05, 0.1) is 0 Å². The maximum atomic E-state index is 12.3. The number of hydrogen-bond donors (Lipinski definition) is 0. The van der Waals surface area contributed by atoms with Gasteiger partial charge in [-0.1, -0.05) is 22.9 Å². The minimum Gasteiger partial charge on any atom is -0.294 e. The fraction of sp³-hybridized carbons (Fsp3) is 0.364. The number of Topliss-reactive ketones (excluding diaryl/α,β-unsaturated/α-hetero) is 1. The summed E-state index contributed by atoms with van der Waals surface area (Å²) in [5.41, 5.74) is -3.34. The smallest absolute Gasteiger partial charge is 0.294 e. The van der Waals surface area contributed by atoms with E-state index in [4.69, 9.17) is 0 Å². The molecule has 17 heavy (non-hydrogen) atoms. The summed E-state index contributed by atoms with van der Waals surface area (Å²) in [6.07, 6.45) is 0.280. The molecule has 0 atom stereocenters. The molecule has 0 N–H and O–H groups in total. The second-order valence-corrected chi connectivity index (χ2v) is 5.02. The van der Waals surface area contributed by atoms with Gasteiger partial charge in [0.15, 0.2) is 5.78 Å². The fourth-order valence-corrected chi connectivity index (χ4v) is 2.28. The van der Waals surface area contributed by atoms with Crippen LogP contribution in [0.4, 0.5) is 13.2 Å². The molecule has 0 saturated carbocycles. The van der Waals surface area contributed by atoms with E-state index in [0.29, 0.717) is 16.5 Å². The number of carbonyl (C=O) groups excluding carboxylic acids is 1. The third kappa shape index (κ3) is 4.71. The normalized spacial score (nSPS) is 11.6. The number of alkyl halides is 4. The van der Waals surface area contributed by atoms with Gasteiger partial charge in [0, 0.05) is 22.2 Å². The van der Waals surface area contributed by atoms with Crippen LogP contribution < -0.4 is 0 Å². The van der Waals surface area contributed by atoms with Crippen LogP contribution in [-0.2, 0) is 5.33 Å². The van der Waals surface area contributed by atoms with Crippen molar-refractivity contribution in [1.29, 1.82) is 0 Å². The van der Waals surface area contributed by atoms with E-state index in [9.17, 15) is 18.0 Å². The summed E-state index contributed by atoms with van der Waals surface area (Å²) in [5, 5.41) is 0.420. The zero-order valence-electron chi connectivity index (χ0n) is 8.97. The van der Waals surface area contributed by atoms with Crippen molar-refractivity contribution in [2.75, 3.05) is 0 Å². The van der Waals surface area contributed by atoms with Gasteiger partial charge >= 0.3 is 5.51 Å². The second kappa shape index (κ2) is 5.91. The van der Waals surface area contributed by atoms with Gasteiger partial charge in [-0.2, -0.15) is 13.2 Å². The van der Waals surface area contributed by atoms with Crippen LogP contribution in [0.1, 0.15) is 29.3 Å². The third-order valence-corrected chi connectivity index (χ3v) is 3.35. The number of thioether (sulfide) groups is 1. The predicted octanol–water partition coefficient (Wildman–Crippen LogP) is 4.79. The van der Waals surface area contributed by atoms with Gasteiger partial charge in [0.2, 0.25) is 0 Å². The minimum atomic E-state index is -4.34. The molecule has 0 amide bonds. The SMILES string of the molecule is CCC(=O)c1cc(CBr)cc(SC(F)(F)F)c1. The van der Waals surface area contributed by atoms with Crippen molar-refractivity contribution in [2.24, 2.45) is 0 Å². The molecule has 0 heterocycles. The summed E-state index contributed by atoms with van der Waals surface area (Å²) in [6, 6.07) is 4.33. The van der Waals surface area contributed by atoms with Crippen LogP contribution in [0.5, 0.6) is 0 Å². The molecule has 0 saturated heterocycles. The summed E-state index contributed by atoms with van der Waals surface area (Å²) >= 11 is 2.97. The Labute approximate surface area is 110 Å². The van der Waals surface area contributed by atoms with Crippen molar-refractivity contribution in [2.45, 2.75) is 29.1 Å². The molecular weight excluding hydrogens is 317 g/mol. The zero-order valence-corrected chi connectivity index (χ0v) is 11.4. The molecule has 1 rings (SSSR count). The summed E-state index contributed by atoms with van der Waals surface area (Å²) in [5.74, 6) is -0.156. The van der Waals surface area contributed by atoms with E-state index >= 15 is 0 Å². The summed E-state index contributed by atoms with van der Waals surface area (Å²) in [6.45, 7) is 1.68. The lowest BCUT2D eigenvalue weighted by molar-refractivity contribution is -0.0328. The number of carbonyl (C=O) groups is 1. The number of hydrogen-bond acceptors (Lipinski definition) is 2. The highest BCUT2D eigenvalue weighted by Gasteiger charge is 2.29. The molecule has 0 fully saturated rings. The number of ketones is 1. The number of benzene rings is 1. The Hall–Kier alpha value is -0.490. The van der Waals surface area contributed by atoms with Crippen molar-refractivity contribution >= 4 is 33.5 Å². The molecule has 0 spiro atoms. The number of rotatable bonds is 4. The summed E-state index contributed by atoms with van der Waals surface area (Å²) in [7, 11) is 0. The largest absolute Gasteiger partial charge is 0.446 e. The van der Waals surface area contributed by atoms with E-state index in [1.807, 2.05) is 0 Å². The quantitative estimate of drug-likeness (QED) is 0.449. The average molecular weight is 327 g/mol. The number of halogens is 4. The fourth-order valence-electron chi connectivity index (χ4n) is 1.30.